The lowest BCUT2D eigenvalue weighted by atomic mass is 10.1. The van der Waals surface area contributed by atoms with Gasteiger partial charge in [-0.2, -0.15) is 0 Å². The molecular weight excluding hydrogens is 380 g/mol. The van der Waals surface area contributed by atoms with Gasteiger partial charge in [-0.15, -0.1) is 0 Å². The van der Waals surface area contributed by atoms with E-state index in [1.54, 1.807) is 24.3 Å². The first-order valence-electron chi connectivity index (χ1n) is 9.33. The van der Waals surface area contributed by atoms with Crippen molar-refractivity contribution in [2.75, 3.05) is 20.8 Å². The van der Waals surface area contributed by atoms with E-state index in [4.69, 9.17) is 9.47 Å². The number of nitrogens with one attached hydrogen (secondary N) is 2. The van der Waals surface area contributed by atoms with Crippen LogP contribution < -0.4 is 10.6 Å². The average molecular weight is 408 g/mol. The van der Waals surface area contributed by atoms with Crippen LogP contribution in [-0.2, 0) is 35.0 Å². The fourth-order valence-electron chi connectivity index (χ4n) is 2.41. The number of esters is 2. The standard InChI is InChI=1S/C20H28N2O7/c1-4-5-11-29-20(26)22-15(13-17(23)27-2)18(24)21-16(19(25)28-3)12-14-9-7-6-8-10-14/h6-10,15-16H,4-5,11-13H2,1-3H3,(H,21,24)(H,22,26). The van der Waals surface area contributed by atoms with Crippen LogP contribution >= 0.6 is 0 Å². The van der Waals surface area contributed by atoms with Crippen LogP contribution in [0.2, 0.25) is 0 Å². The van der Waals surface area contributed by atoms with Gasteiger partial charge in [0.25, 0.3) is 0 Å². The fourth-order valence-corrected chi connectivity index (χ4v) is 2.41. The van der Waals surface area contributed by atoms with E-state index in [2.05, 4.69) is 15.4 Å². The Hall–Kier alpha value is -3.10. The summed E-state index contributed by atoms with van der Waals surface area (Å²) in [6.45, 7) is 2.13. The second-order valence-corrected chi connectivity index (χ2v) is 6.24. The van der Waals surface area contributed by atoms with Gasteiger partial charge in [0.15, 0.2) is 0 Å². The highest BCUT2D eigenvalue weighted by atomic mass is 16.5. The minimum atomic E-state index is -1.26. The summed E-state index contributed by atoms with van der Waals surface area (Å²) >= 11 is 0. The summed E-state index contributed by atoms with van der Waals surface area (Å²) in [6, 6.07) is 6.79. The molecule has 160 valence electrons. The minimum Gasteiger partial charge on any atom is -0.469 e. The maximum Gasteiger partial charge on any atom is 0.407 e. The predicted octanol–water partition coefficient (Wildman–Crippen LogP) is 1.34. The van der Waals surface area contributed by atoms with Crippen molar-refractivity contribution in [3.63, 3.8) is 0 Å². The maximum absolute atomic E-state index is 12.7. The first-order chi connectivity index (χ1) is 13.9. The molecule has 0 aliphatic rings. The van der Waals surface area contributed by atoms with Crippen LogP contribution in [0.4, 0.5) is 4.79 Å². The molecule has 0 saturated heterocycles. The van der Waals surface area contributed by atoms with Gasteiger partial charge >= 0.3 is 18.0 Å². The van der Waals surface area contributed by atoms with Crippen molar-refractivity contribution >= 4 is 23.9 Å². The maximum atomic E-state index is 12.7. The second kappa shape index (κ2) is 13.1. The van der Waals surface area contributed by atoms with Crippen LogP contribution in [0.1, 0.15) is 31.7 Å². The lowest BCUT2D eigenvalue weighted by molar-refractivity contribution is -0.146. The zero-order chi connectivity index (χ0) is 21.6. The number of methoxy groups -OCH3 is 2. The number of carbonyl (C=O) groups is 4. The zero-order valence-corrected chi connectivity index (χ0v) is 16.9. The van der Waals surface area contributed by atoms with Gasteiger partial charge in [-0.05, 0) is 12.0 Å². The number of carbonyl (C=O) groups excluding carboxylic acids is 4. The number of hydrogen-bond acceptors (Lipinski definition) is 7. The average Bonchev–Trinajstić information content (AvgIpc) is 2.72. The molecule has 0 saturated carbocycles. The van der Waals surface area contributed by atoms with Gasteiger partial charge in [-0.1, -0.05) is 43.7 Å². The third-order valence-corrected chi connectivity index (χ3v) is 4.02. The van der Waals surface area contributed by atoms with E-state index in [0.29, 0.717) is 6.42 Å². The molecule has 9 heteroatoms. The molecular formula is C20H28N2O7. The van der Waals surface area contributed by atoms with Gasteiger partial charge in [-0.3, -0.25) is 9.59 Å². The lowest BCUT2D eigenvalue weighted by Crippen LogP contribution is -2.53. The molecule has 0 aliphatic heterocycles. The van der Waals surface area contributed by atoms with Crippen molar-refractivity contribution in [1.29, 1.82) is 0 Å². The molecule has 9 nitrogen and oxygen atoms in total. The highest BCUT2D eigenvalue weighted by Crippen LogP contribution is 2.06. The molecule has 0 heterocycles. The second-order valence-electron chi connectivity index (χ2n) is 6.24. The lowest BCUT2D eigenvalue weighted by Gasteiger charge is -2.21. The number of hydrogen-bond donors (Lipinski definition) is 2. The largest absolute Gasteiger partial charge is 0.469 e. The molecule has 1 aromatic rings. The summed E-state index contributed by atoms with van der Waals surface area (Å²) in [5.41, 5.74) is 0.805. The summed E-state index contributed by atoms with van der Waals surface area (Å²) in [5.74, 6) is -2.07. The fraction of sp³-hybridized carbons (Fsp3) is 0.500. The number of rotatable bonds is 11. The summed E-state index contributed by atoms with van der Waals surface area (Å²) in [4.78, 5) is 48.4. The van der Waals surface area contributed by atoms with Gasteiger partial charge in [0.2, 0.25) is 5.91 Å². The van der Waals surface area contributed by atoms with Crippen LogP contribution in [0.3, 0.4) is 0 Å². The van der Waals surface area contributed by atoms with Crippen molar-refractivity contribution < 1.29 is 33.4 Å². The molecule has 1 aromatic carbocycles. The summed E-state index contributed by atoms with van der Waals surface area (Å²) in [6.07, 6.45) is 0.443. The highest BCUT2D eigenvalue weighted by Gasteiger charge is 2.29. The molecule has 2 unspecified atom stereocenters. The van der Waals surface area contributed by atoms with Gasteiger partial charge in [0.05, 0.1) is 27.2 Å². The number of alkyl carbamates (subject to hydrolysis) is 1. The van der Waals surface area contributed by atoms with Crippen molar-refractivity contribution in [1.82, 2.24) is 10.6 Å². The van der Waals surface area contributed by atoms with E-state index in [-0.39, 0.29) is 13.0 Å². The predicted molar refractivity (Wildman–Crippen MR) is 104 cm³/mol. The van der Waals surface area contributed by atoms with Crippen molar-refractivity contribution in [2.45, 2.75) is 44.7 Å². The molecule has 2 N–H and O–H groups in total. The summed E-state index contributed by atoms with van der Waals surface area (Å²) in [7, 11) is 2.38. The quantitative estimate of drug-likeness (QED) is 0.322. The Balaban J connectivity index is 2.85. The number of benzene rings is 1. The van der Waals surface area contributed by atoms with Crippen LogP contribution in [-0.4, -0.2) is 56.8 Å². The van der Waals surface area contributed by atoms with E-state index < -0.39 is 42.4 Å². The van der Waals surface area contributed by atoms with E-state index >= 15 is 0 Å². The van der Waals surface area contributed by atoms with E-state index in [0.717, 1.165) is 12.0 Å². The van der Waals surface area contributed by atoms with Gasteiger partial charge in [0, 0.05) is 6.42 Å². The molecule has 29 heavy (non-hydrogen) atoms. The molecule has 0 radical (unpaired) electrons. The Bertz CT molecular complexity index is 679. The first kappa shape index (κ1) is 23.9. The van der Waals surface area contributed by atoms with Crippen LogP contribution in [0.15, 0.2) is 30.3 Å². The molecule has 1 rings (SSSR count). The van der Waals surface area contributed by atoms with Gasteiger partial charge < -0.3 is 24.8 Å². The van der Waals surface area contributed by atoms with Crippen molar-refractivity contribution in [3.05, 3.63) is 35.9 Å². The molecule has 2 atom stereocenters. The molecule has 0 fully saturated rings. The summed E-state index contributed by atoms with van der Waals surface area (Å²) < 4.78 is 14.3. The monoisotopic (exact) mass is 408 g/mol. The number of amides is 2. The normalized spacial score (nSPS) is 12.2. The van der Waals surface area contributed by atoms with E-state index in [1.165, 1.54) is 14.2 Å². The molecule has 0 aromatic heterocycles. The SMILES string of the molecule is CCCCOC(=O)NC(CC(=O)OC)C(=O)NC(Cc1ccccc1)C(=O)OC. The Morgan fingerprint density at radius 3 is 2.24 bits per heavy atom. The molecule has 2 amide bonds. The van der Waals surface area contributed by atoms with E-state index in [1.807, 2.05) is 13.0 Å². The topological polar surface area (TPSA) is 120 Å². The molecule has 0 aliphatic carbocycles. The molecule has 0 bridgehead atoms. The first-order valence-corrected chi connectivity index (χ1v) is 9.33. The third-order valence-electron chi connectivity index (χ3n) is 4.02. The van der Waals surface area contributed by atoms with Crippen LogP contribution in [0.5, 0.6) is 0 Å². The van der Waals surface area contributed by atoms with Crippen LogP contribution in [0, 0.1) is 0 Å². The van der Waals surface area contributed by atoms with E-state index in [9.17, 15) is 19.2 Å². The van der Waals surface area contributed by atoms with Gasteiger partial charge in [0.1, 0.15) is 12.1 Å². The Morgan fingerprint density at radius 2 is 1.66 bits per heavy atom. The number of ether oxygens (including phenoxy) is 3. The third kappa shape index (κ3) is 9.09. The zero-order valence-electron chi connectivity index (χ0n) is 16.9. The Morgan fingerprint density at radius 1 is 0.966 bits per heavy atom. The molecule has 0 spiro atoms. The summed E-state index contributed by atoms with van der Waals surface area (Å²) in [5, 5.41) is 4.87. The highest BCUT2D eigenvalue weighted by molar-refractivity contribution is 5.92. The van der Waals surface area contributed by atoms with Crippen LogP contribution in [0.25, 0.3) is 0 Å². The Labute approximate surface area is 170 Å². The van der Waals surface area contributed by atoms with Crippen molar-refractivity contribution in [3.8, 4) is 0 Å². The minimum absolute atomic E-state index is 0.186. The number of unbranched alkanes of at least 4 members (excludes halogenated alkanes) is 1. The van der Waals surface area contributed by atoms with Crippen molar-refractivity contribution in [2.24, 2.45) is 0 Å². The smallest absolute Gasteiger partial charge is 0.407 e. The Kier molecular flexibility index (Phi) is 10.8. The van der Waals surface area contributed by atoms with Gasteiger partial charge in [-0.25, -0.2) is 9.59 Å².